The first kappa shape index (κ1) is 20.8. The number of fused-ring (bicyclic) bond motifs is 6. The Hall–Kier alpha value is -3.79. The molecule has 0 N–H and O–H groups in total. The number of Topliss-reactive ketones (excluding diaryl/α,β-unsaturated/α-hetero) is 1. The van der Waals surface area contributed by atoms with Gasteiger partial charge in [-0.3, -0.25) is 4.79 Å². The molecule has 1 atom stereocenters. The molecule has 2 aliphatic carbocycles. The Labute approximate surface area is 199 Å². The van der Waals surface area contributed by atoms with E-state index >= 15 is 0 Å². The lowest BCUT2D eigenvalue weighted by Crippen LogP contribution is -2.36. The number of hydrogen-bond acceptors (Lipinski definition) is 4. The Morgan fingerprint density at radius 3 is 2.35 bits per heavy atom. The SMILES string of the molecule is COC1=CC=C(C2(c3ccc(OC)cc3)C=Cc3c4c(c5ccccc5c3O2)CCC4=O)CC1. The number of ether oxygens (including phenoxy) is 3. The number of benzene rings is 3. The molecular formula is C30H26O4. The molecule has 6 rings (SSSR count). The van der Waals surface area contributed by atoms with Crippen LogP contribution in [-0.4, -0.2) is 20.0 Å². The van der Waals surface area contributed by atoms with Crippen LogP contribution in [-0.2, 0) is 16.8 Å². The van der Waals surface area contributed by atoms with E-state index in [4.69, 9.17) is 14.2 Å². The van der Waals surface area contributed by atoms with Gasteiger partial charge in [0.2, 0.25) is 0 Å². The smallest absolute Gasteiger partial charge is 0.174 e. The monoisotopic (exact) mass is 450 g/mol. The summed E-state index contributed by atoms with van der Waals surface area (Å²) in [6.45, 7) is 0. The molecule has 1 unspecified atom stereocenters. The molecule has 3 aromatic carbocycles. The van der Waals surface area contributed by atoms with Gasteiger partial charge in [0.25, 0.3) is 0 Å². The van der Waals surface area contributed by atoms with Crippen molar-refractivity contribution in [2.75, 3.05) is 14.2 Å². The van der Waals surface area contributed by atoms with Crippen molar-refractivity contribution in [3.8, 4) is 11.5 Å². The van der Waals surface area contributed by atoms with Crippen LogP contribution in [0.2, 0.25) is 0 Å². The summed E-state index contributed by atoms with van der Waals surface area (Å²) in [4.78, 5) is 12.9. The molecule has 0 bridgehead atoms. The molecule has 0 radical (unpaired) electrons. The van der Waals surface area contributed by atoms with Gasteiger partial charge in [-0.05, 0) is 59.7 Å². The normalized spacial score (nSPS) is 20.8. The number of allylic oxidation sites excluding steroid dienone is 3. The number of aryl methyl sites for hydroxylation is 1. The number of rotatable bonds is 4. The minimum atomic E-state index is -0.784. The van der Waals surface area contributed by atoms with E-state index in [0.29, 0.717) is 6.42 Å². The van der Waals surface area contributed by atoms with Gasteiger partial charge in [-0.25, -0.2) is 0 Å². The van der Waals surface area contributed by atoms with Crippen LogP contribution in [0.25, 0.3) is 16.8 Å². The van der Waals surface area contributed by atoms with Gasteiger partial charge in [0.15, 0.2) is 11.4 Å². The number of ketones is 1. The second-order valence-electron chi connectivity index (χ2n) is 8.99. The van der Waals surface area contributed by atoms with E-state index in [1.54, 1.807) is 14.2 Å². The minimum absolute atomic E-state index is 0.201. The number of carbonyl (C=O) groups excluding carboxylic acids is 1. The van der Waals surface area contributed by atoms with E-state index in [9.17, 15) is 4.79 Å². The lowest BCUT2D eigenvalue weighted by Gasteiger charge is -2.39. The second-order valence-corrected chi connectivity index (χ2v) is 8.99. The zero-order valence-electron chi connectivity index (χ0n) is 19.4. The maximum absolute atomic E-state index is 12.9. The molecule has 0 saturated carbocycles. The second kappa shape index (κ2) is 7.91. The molecule has 0 fully saturated rings. The van der Waals surface area contributed by atoms with Crippen molar-refractivity contribution in [3.05, 3.63) is 100 Å². The van der Waals surface area contributed by atoms with Crippen LogP contribution in [0.3, 0.4) is 0 Å². The molecule has 1 heterocycles. The maximum atomic E-state index is 12.9. The highest BCUT2D eigenvalue weighted by molar-refractivity contribution is 6.11. The largest absolute Gasteiger partial charge is 0.501 e. The van der Waals surface area contributed by atoms with Crippen LogP contribution in [0.1, 0.15) is 46.3 Å². The summed E-state index contributed by atoms with van der Waals surface area (Å²) in [6.07, 6.45) is 11.3. The van der Waals surface area contributed by atoms with Crippen LogP contribution in [0.4, 0.5) is 0 Å². The Bertz CT molecular complexity index is 1410. The zero-order valence-corrected chi connectivity index (χ0v) is 19.4. The third kappa shape index (κ3) is 3.02. The third-order valence-corrected chi connectivity index (χ3v) is 7.31. The summed E-state index contributed by atoms with van der Waals surface area (Å²) < 4.78 is 17.9. The third-order valence-electron chi connectivity index (χ3n) is 7.31. The minimum Gasteiger partial charge on any atom is -0.501 e. The van der Waals surface area contributed by atoms with Crippen molar-refractivity contribution in [2.24, 2.45) is 0 Å². The summed E-state index contributed by atoms with van der Waals surface area (Å²) in [5, 5.41) is 2.16. The van der Waals surface area contributed by atoms with Crippen LogP contribution in [0, 0.1) is 0 Å². The predicted octanol–water partition coefficient (Wildman–Crippen LogP) is 6.53. The average Bonchev–Trinajstić information content (AvgIpc) is 3.30. The van der Waals surface area contributed by atoms with Crippen molar-refractivity contribution in [2.45, 2.75) is 31.3 Å². The molecule has 4 nitrogen and oxygen atoms in total. The summed E-state index contributed by atoms with van der Waals surface area (Å²) in [7, 11) is 3.38. The maximum Gasteiger partial charge on any atom is 0.174 e. The molecular weight excluding hydrogens is 424 g/mol. The highest BCUT2D eigenvalue weighted by atomic mass is 16.5. The van der Waals surface area contributed by atoms with Crippen molar-refractivity contribution < 1.29 is 19.0 Å². The van der Waals surface area contributed by atoms with Gasteiger partial charge in [0.1, 0.15) is 11.5 Å². The number of carbonyl (C=O) groups is 1. The first-order chi connectivity index (χ1) is 16.6. The van der Waals surface area contributed by atoms with Gasteiger partial charge in [0, 0.05) is 34.9 Å². The Kier molecular flexibility index (Phi) is 4.84. The zero-order chi connectivity index (χ0) is 23.3. The highest BCUT2D eigenvalue weighted by Gasteiger charge is 2.41. The van der Waals surface area contributed by atoms with Gasteiger partial charge in [-0.2, -0.15) is 0 Å². The van der Waals surface area contributed by atoms with E-state index in [0.717, 1.165) is 75.1 Å². The van der Waals surface area contributed by atoms with E-state index in [1.165, 1.54) is 0 Å². The van der Waals surface area contributed by atoms with E-state index < -0.39 is 5.60 Å². The van der Waals surface area contributed by atoms with E-state index in [1.807, 2.05) is 30.3 Å². The first-order valence-electron chi connectivity index (χ1n) is 11.7. The van der Waals surface area contributed by atoms with Gasteiger partial charge >= 0.3 is 0 Å². The molecule has 0 saturated heterocycles. The van der Waals surface area contributed by atoms with Gasteiger partial charge in [-0.1, -0.05) is 42.5 Å². The predicted molar refractivity (Wildman–Crippen MR) is 133 cm³/mol. The number of methoxy groups -OCH3 is 2. The summed E-state index contributed by atoms with van der Waals surface area (Å²) in [5.41, 5.74) is 4.27. The van der Waals surface area contributed by atoms with Crippen LogP contribution in [0.15, 0.2) is 78.1 Å². The Morgan fingerprint density at radius 1 is 0.853 bits per heavy atom. The molecule has 0 spiro atoms. The molecule has 3 aromatic rings. The van der Waals surface area contributed by atoms with Crippen LogP contribution in [0.5, 0.6) is 11.5 Å². The Balaban J connectivity index is 1.60. The van der Waals surface area contributed by atoms with Crippen molar-refractivity contribution in [1.82, 2.24) is 0 Å². The van der Waals surface area contributed by atoms with Crippen LogP contribution < -0.4 is 9.47 Å². The molecule has 3 aliphatic rings. The molecule has 34 heavy (non-hydrogen) atoms. The van der Waals surface area contributed by atoms with Crippen LogP contribution >= 0.6 is 0 Å². The van der Waals surface area contributed by atoms with Gasteiger partial charge in [0.05, 0.1) is 20.0 Å². The van der Waals surface area contributed by atoms with Gasteiger partial charge < -0.3 is 14.2 Å². The first-order valence-corrected chi connectivity index (χ1v) is 11.7. The highest BCUT2D eigenvalue weighted by Crippen LogP contribution is 2.50. The van der Waals surface area contributed by atoms with Crippen molar-refractivity contribution in [3.63, 3.8) is 0 Å². The Morgan fingerprint density at radius 2 is 1.65 bits per heavy atom. The van der Waals surface area contributed by atoms with E-state index in [-0.39, 0.29) is 5.78 Å². The quantitative estimate of drug-likeness (QED) is 0.453. The lowest BCUT2D eigenvalue weighted by atomic mass is 9.78. The molecule has 0 aromatic heterocycles. The van der Waals surface area contributed by atoms with E-state index in [2.05, 4.69) is 42.5 Å². The summed E-state index contributed by atoms with van der Waals surface area (Å²) in [5.74, 6) is 2.74. The average molecular weight is 451 g/mol. The molecule has 4 heteroatoms. The van der Waals surface area contributed by atoms with Crippen molar-refractivity contribution in [1.29, 1.82) is 0 Å². The molecule has 0 amide bonds. The number of hydrogen-bond donors (Lipinski definition) is 0. The summed E-state index contributed by atoms with van der Waals surface area (Å²) in [6, 6.07) is 16.3. The van der Waals surface area contributed by atoms with Gasteiger partial charge in [-0.15, -0.1) is 0 Å². The standard InChI is InChI=1S/C30H26O4/c1-32-21-11-7-19(8-12-21)30(20-9-13-22(33-2)14-10-20)18-17-26-28-24(15-16-27(28)31)23-5-3-4-6-25(23)29(26)34-30/h3-9,11-13,17-18H,10,14-16H2,1-2H3. The molecule has 1 aliphatic heterocycles. The summed E-state index contributed by atoms with van der Waals surface area (Å²) >= 11 is 0. The molecule has 170 valence electrons. The van der Waals surface area contributed by atoms with Crippen molar-refractivity contribution >= 4 is 22.6 Å². The fourth-order valence-corrected chi connectivity index (χ4v) is 5.56. The lowest BCUT2D eigenvalue weighted by molar-refractivity contribution is 0.0992. The topological polar surface area (TPSA) is 44.8 Å². The fraction of sp³-hybridized carbons (Fsp3) is 0.233. The fourth-order valence-electron chi connectivity index (χ4n) is 5.56.